The maximum absolute atomic E-state index is 11.4. The summed E-state index contributed by atoms with van der Waals surface area (Å²) in [5.41, 5.74) is 0.865. The minimum atomic E-state index is -1.16. The molecule has 0 fully saturated rings. The molecular formula is C14H19NO5S. The Kier molecular flexibility index (Phi) is 6.67. The van der Waals surface area contributed by atoms with Crippen LogP contribution in [0.5, 0.6) is 0 Å². The van der Waals surface area contributed by atoms with Gasteiger partial charge in [0.15, 0.2) is 0 Å². The number of nitrogens with zero attached hydrogens (tertiary/aromatic N) is 1. The molecule has 1 rings (SSSR count). The number of carboxylic acid groups (broad SMARTS) is 1. The third kappa shape index (κ3) is 4.73. The van der Waals surface area contributed by atoms with E-state index in [2.05, 4.69) is 12.6 Å². The third-order valence-corrected chi connectivity index (χ3v) is 3.65. The molecular weight excluding hydrogens is 294 g/mol. The summed E-state index contributed by atoms with van der Waals surface area (Å²) >= 11 is 4.09. The lowest BCUT2D eigenvalue weighted by atomic mass is 10.0. The third-order valence-electron chi connectivity index (χ3n) is 3.01. The number of para-hydroxylation sites is 1. The van der Waals surface area contributed by atoms with E-state index in [9.17, 15) is 14.7 Å². The normalized spacial score (nSPS) is 13.5. The molecule has 1 aromatic carbocycles. The summed E-state index contributed by atoms with van der Waals surface area (Å²) in [4.78, 5) is 23.7. The van der Waals surface area contributed by atoms with Gasteiger partial charge in [0.05, 0.1) is 18.0 Å². The van der Waals surface area contributed by atoms with E-state index in [0.29, 0.717) is 11.3 Å². The summed E-state index contributed by atoms with van der Waals surface area (Å²) in [5, 5.41) is 27.4. The number of ketones is 1. The van der Waals surface area contributed by atoms with Gasteiger partial charge in [-0.1, -0.05) is 18.2 Å². The van der Waals surface area contributed by atoms with Crippen LogP contribution in [0.15, 0.2) is 24.3 Å². The van der Waals surface area contributed by atoms with E-state index in [-0.39, 0.29) is 25.5 Å². The average molecular weight is 313 g/mol. The Balaban J connectivity index is 3.16. The number of carboxylic acids is 1. The second-order valence-corrected chi connectivity index (χ2v) is 5.15. The van der Waals surface area contributed by atoms with Crippen molar-refractivity contribution in [3.05, 3.63) is 29.8 Å². The number of Topliss-reactive ketones (excluding diaryl/α,β-unsaturated/α-hetero) is 1. The Bertz CT molecular complexity index is 508. The number of aliphatic hydroxyl groups excluding tert-OH is 2. The highest BCUT2D eigenvalue weighted by molar-refractivity contribution is 7.81. The van der Waals surface area contributed by atoms with E-state index < -0.39 is 17.3 Å². The van der Waals surface area contributed by atoms with Crippen LogP contribution < -0.4 is 4.90 Å². The first-order chi connectivity index (χ1) is 9.88. The minimum absolute atomic E-state index is 0.105. The van der Waals surface area contributed by atoms with E-state index in [0.717, 1.165) is 0 Å². The fraction of sp³-hybridized carbons (Fsp3) is 0.429. The smallest absolute Gasteiger partial charge is 0.323 e. The largest absolute Gasteiger partial charge is 0.480 e. The molecule has 0 radical (unpaired) electrons. The predicted molar refractivity (Wildman–Crippen MR) is 81.8 cm³/mol. The Labute approximate surface area is 128 Å². The summed E-state index contributed by atoms with van der Waals surface area (Å²) in [6, 6.07) is 6.62. The molecule has 1 aromatic rings. The highest BCUT2D eigenvalue weighted by atomic mass is 32.1. The molecule has 0 spiro atoms. The lowest BCUT2D eigenvalue weighted by Crippen LogP contribution is -2.34. The van der Waals surface area contributed by atoms with Crippen LogP contribution in [-0.2, 0) is 9.59 Å². The van der Waals surface area contributed by atoms with Crippen molar-refractivity contribution in [1.82, 2.24) is 0 Å². The maximum atomic E-state index is 11.4. The van der Waals surface area contributed by atoms with Crippen LogP contribution >= 0.6 is 12.6 Å². The van der Waals surface area contributed by atoms with Gasteiger partial charge >= 0.3 is 5.97 Å². The summed E-state index contributed by atoms with van der Waals surface area (Å²) in [5.74, 6) is -1.34. The van der Waals surface area contributed by atoms with Gasteiger partial charge in [-0.2, -0.15) is 12.6 Å². The van der Waals surface area contributed by atoms with Crippen molar-refractivity contribution in [3.8, 4) is 0 Å². The van der Waals surface area contributed by atoms with Gasteiger partial charge in [-0.3, -0.25) is 9.59 Å². The number of hydrogen-bond acceptors (Lipinski definition) is 6. The summed E-state index contributed by atoms with van der Waals surface area (Å²) in [6.07, 6.45) is -1.16. The molecule has 3 N–H and O–H groups in total. The van der Waals surface area contributed by atoms with Crippen LogP contribution in [0.1, 0.15) is 18.6 Å². The van der Waals surface area contributed by atoms with Gasteiger partial charge in [0.1, 0.15) is 12.3 Å². The minimum Gasteiger partial charge on any atom is -0.480 e. The van der Waals surface area contributed by atoms with Gasteiger partial charge in [-0.25, -0.2) is 0 Å². The molecule has 0 aliphatic rings. The number of carbonyl (C=O) groups excluding carboxylic acids is 1. The monoisotopic (exact) mass is 313 g/mol. The zero-order chi connectivity index (χ0) is 16.0. The molecule has 116 valence electrons. The van der Waals surface area contributed by atoms with E-state index in [1.807, 2.05) is 0 Å². The number of anilines is 1. The van der Waals surface area contributed by atoms with Crippen LogP contribution in [0.25, 0.3) is 0 Å². The summed E-state index contributed by atoms with van der Waals surface area (Å²) in [6.45, 7) is 0.885. The van der Waals surface area contributed by atoms with Gasteiger partial charge < -0.3 is 20.2 Å². The molecule has 6 nitrogen and oxygen atoms in total. The molecule has 2 unspecified atom stereocenters. The van der Waals surface area contributed by atoms with Crippen molar-refractivity contribution in [2.75, 3.05) is 24.6 Å². The second-order valence-electron chi connectivity index (χ2n) is 4.60. The fourth-order valence-electron chi connectivity index (χ4n) is 1.99. The highest BCUT2D eigenvalue weighted by Crippen LogP contribution is 2.30. The molecule has 0 amide bonds. The maximum Gasteiger partial charge on any atom is 0.323 e. The molecule has 2 atom stereocenters. The SMILES string of the molecule is CC(=O)C(S)C(O)c1ccccc1N(CCO)CC(=O)O. The molecule has 0 saturated heterocycles. The van der Waals surface area contributed by atoms with Crippen molar-refractivity contribution in [2.45, 2.75) is 18.3 Å². The van der Waals surface area contributed by atoms with Crippen molar-refractivity contribution in [3.63, 3.8) is 0 Å². The van der Waals surface area contributed by atoms with Crippen LogP contribution in [0.2, 0.25) is 0 Å². The van der Waals surface area contributed by atoms with Crippen LogP contribution in [-0.4, -0.2) is 52.0 Å². The number of hydrogen-bond donors (Lipinski definition) is 4. The first kappa shape index (κ1) is 17.5. The second kappa shape index (κ2) is 8.02. The van der Waals surface area contributed by atoms with E-state index in [1.165, 1.54) is 11.8 Å². The molecule has 0 aliphatic carbocycles. The molecule has 0 bridgehead atoms. The van der Waals surface area contributed by atoms with Crippen LogP contribution in [0.3, 0.4) is 0 Å². The molecule has 21 heavy (non-hydrogen) atoms. The number of aliphatic carboxylic acids is 1. The lowest BCUT2D eigenvalue weighted by Gasteiger charge is -2.27. The Morgan fingerprint density at radius 3 is 2.48 bits per heavy atom. The Morgan fingerprint density at radius 2 is 1.95 bits per heavy atom. The number of aliphatic hydroxyl groups is 2. The number of benzene rings is 1. The fourth-order valence-corrected chi connectivity index (χ4v) is 2.15. The van der Waals surface area contributed by atoms with Crippen molar-refractivity contribution >= 4 is 30.1 Å². The molecule has 7 heteroatoms. The van der Waals surface area contributed by atoms with E-state index in [1.54, 1.807) is 24.3 Å². The van der Waals surface area contributed by atoms with E-state index >= 15 is 0 Å². The molecule has 0 heterocycles. The zero-order valence-corrected chi connectivity index (χ0v) is 12.5. The molecule has 0 aromatic heterocycles. The first-order valence-electron chi connectivity index (χ1n) is 6.41. The van der Waals surface area contributed by atoms with Gasteiger partial charge in [-0.15, -0.1) is 0 Å². The number of thiol groups is 1. The van der Waals surface area contributed by atoms with Crippen molar-refractivity contribution in [2.24, 2.45) is 0 Å². The summed E-state index contributed by atoms with van der Waals surface area (Å²) in [7, 11) is 0. The van der Waals surface area contributed by atoms with Crippen molar-refractivity contribution in [1.29, 1.82) is 0 Å². The van der Waals surface area contributed by atoms with Gasteiger partial charge in [0, 0.05) is 17.8 Å². The Morgan fingerprint density at radius 1 is 1.33 bits per heavy atom. The molecule has 0 aliphatic heterocycles. The number of rotatable bonds is 8. The zero-order valence-electron chi connectivity index (χ0n) is 11.6. The topological polar surface area (TPSA) is 98.1 Å². The van der Waals surface area contributed by atoms with Gasteiger partial charge in [0.25, 0.3) is 0 Å². The van der Waals surface area contributed by atoms with Gasteiger partial charge in [-0.05, 0) is 13.0 Å². The highest BCUT2D eigenvalue weighted by Gasteiger charge is 2.25. The lowest BCUT2D eigenvalue weighted by molar-refractivity contribution is -0.135. The molecule has 0 saturated carbocycles. The quantitative estimate of drug-likeness (QED) is 0.522. The predicted octanol–water partition coefficient (Wildman–Crippen LogP) is 0.491. The van der Waals surface area contributed by atoms with Crippen LogP contribution in [0.4, 0.5) is 5.69 Å². The van der Waals surface area contributed by atoms with Crippen LogP contribution in [0, 0.1) is 0 Å². The van der Waals surface area contributed by atoms with Gasteiger partial charge in [0.2, 0.25) is 0 Å². The van der Waals surface area contributed by atoms with Crippen molar-refractivity contribution < 1.29 is 24.9 Å². The van der Waals surface area contributed by atoms with E-state index in [4.69, 9.17) is 10.2 Å². The Hall–Kier alpha value is -1.57. The standard InChI is InChI=1S/C14H19NO5S/c1-9(17)14(21)13(20)10-4-2-3-5-11(10)15(6-7-16)8-12(18)19/h2-5,13-14,16,20-21H,6-8H2,1H3,(H,18,19). The first-order valence-corrected chi connectivity index (χ1v) is 6.93. The summed E-state index contributed by atoms with van der Waals surface area (Å²) < 4.78 is 0. The average Bonchev–Trinajstić information content (AvgIpc) is 2.44. The number of carbonyl (C=O) groups is 2.